The number of rotatable bonds is 8. The SMILES string of the molecule is O=C(Nc1ccc(Oc2ccc(F)cc2)cc1)[C@@H]1C[C@@H](Cc2ccccc2)CN1C(=O)CC1=C(F)C=CC(F)C1F. The first-order chi connectivity index (χ1) is 19.8. The monoisotopic (exact) mass is 564 g/mol. The van der Waals surface area contributed by atoms with Gasteiger partial charge in [-0.3, -0.25) is 9.59 Å². The minimum Gasteiger partial charge on any atom is -0.457 e. The van der Waals surface area contributed by atoms with Crippen molar-refractivity contribution in [2.45, 2.75) is 37.6 Å². The number of likely N-dealkylation sites (tertiary alicyclic amines) is 1. The fourth-order valence-corrected chi connectivity index (χ4v) is 5.16. The molecule has 3 aromatic carbocycles. The van der Waals surface area contributed by atoms with Gasteiger partial charge in [-0.2, -0.15) is 0 Å². The Morgan fingerprint density at radius 2 is 1.56 bits per heavy atom. The van der Waals surface area contributed by atoms with Gasteiger partial charge in [0.1, 0.15) is 29.2 Å². The van der Waals surface area contributed by atoms with E-state index in [9.17, 15) is 27.2 Å². The molecule has 0 radical (unpaired) electrons. The molecule has 1 saturated heterocycles. The number of hydrogen-bond donors (Lipinski definition) is 1. The fraction of sp³-hybridized carbons (Fsp3) is 0.250. The van der Waals surface area contributed by atoms with Gasteiger partial charge in [0.15, 0.2) is 12.3 Å². The highest BCUT2D eigenvalue weighted by Crippen LogP contribution is 2.33. The Hall–Kier alpha value is -4.40. The Bertz CT molecular complexity index is 1440. The molecule has 1 fully saturated rings. The van der Waals surface area contributed by atoms with Crippen molar-refractivity contribution in [3.63, 3.8) is 0 Å². The van der Waals surface area contributed by atoms with Crippen LogP contribution >= 0.6 is 0 Å². The molecule has 41 heavy (non-hydrogen) atoms. The van der Waals surface area contributed by atoms with Gasteiger partial charge in [-0.05, 0) is 85.0 Å². The van der Waals surface area contributed by atoms with Gasteiger partial charge in [-0.25, -0.2) is 17.6 Å². The number of nitrogens with one attached hydrogen (secondary N) is 1. The number of ether oxygens (including phenoxy) is 1. The minimum atomic E-state index is -2.26. The molecular formula is C32H28F4N2O3. The van der Waals surface area contributed by atoms with Crippen LogP contribution in [0, 0.1) is 11.7 Å². The zero-order valence-electron chi connectivity index (χ0n) is 22.0. The predicted molar refractivity (Wildman–Crippen MR) is 147 cm³/mol. The van der Waals surface area contributed by atoms with Crippen LogP contribution in [0.15, 0.2) is 102 Å². The van der Waals surface area contributed by atoms with E-state index in [2.05, 4.69) is 5.32 Å². The molecule has 1 N–H and O–H groups in total. The van der Waals surface area contributed by atoms with E-state index in [4.69, 9.17) is 4.74 Å². The zero-order valence-corrected chi connectivity index (χ0v) is 22.0. The molecule has 0 bridgehead atoms. The van der Waals surface area contributed by atoms with E-state index in [-0.39, 0.29) is 18.3 Å². The first-order valence-electron chi connectivity index (χ1n) is 13.3. The molecule has 3 aromatic rings. The number of alkyl halides is 2. The summed E-state index contributed by atoms with van der Waals surface area (Å²) in [6.07, 6.45) is -2.36. The second-order valence-electron chi connectivity index (χ2n) is 10.2. The lowest BCUT2D eigenvalue weighted by Crippen LogP contribution is -2.43. The average Bonchev–Trinajstić information content (AvgIpc) is 3.40. The van der Waals surface area contributed by atoms with E-state index < -0.39 is 48.0 Å². The summed E-state index contributed by atoms with van der Waals surface area (Å²) in [4.78, 5) is 28.1. The third-order valence-electron chi connectivity index (χ3n) is 7.24. The van der Waals surface area contributed by atoms with E-state index >= 15 is 0 Å². The average molecular weight is 565 g/mol. The van der Waals surface area contributed by atoms with Crippen LogP contribution in [-0.4, -0.2) is 41.6 Å². The van der Waals surface area contributed by atoms with Gasteiger partial charge < -0.3 is 15.0 Å². The Morgan fingerprint density at radius 1 is 0.902 bits per heavy atom. The largest absolute Gasteiger partial charge is 0.457 e. The zero-order chi connectivity index (χ0) is 28.9. The van der Waals surface area contributed by atoms with Crippen molar-refractivity contribution in [2.75, 3.05) is 11.9 Å². The topological polar surface area (TPSA) is 58.6 Å². The van der Waals surface area contributed by atoms with Crippen molar-refractivity contribution in [2.24, 2.45) is 5.92 Å². The van der Waals surface area contributed by atoms with E-state index in [1.54, 1.807) is 24.3 Å². The van der Waals surface area contributed by atoms with Crippen molar-refractivity contribution >= 4 is 17.5 Å². The number of carbonyl (C=O) groups is 2. The summed E-state index contributed by atoms with van der Waals surface area (Å²) >= 11 is 0. The van der Waals surface area contributed by atoms with E-state index in [1.165, 1.54) is 29.2 Å². The highest BCUT2D eigenvalue weighted by molar-refractivity contribution is 5.98. The van der Waals surface area contributed by atoms with Gasteiger partial charge in [-0.1, -0.05) is 30.3 Å². The second-order valence-corrected chi connectivity index (χ2v) is 10.2. The Balaban J connectivity index is 1.29. The molecule has 1 aliphatic heterocycles. The maximum absolute atomic E-state index is 14.4. The van der Waals surface area contributed by atoms with E-state index in [1.807, 2.05) is 30.3 Å². The minimum absolute atomic E-state index is 0.0660. The molecule has 2 amide bonds. The number of carbonyl (C=O) groups excluding carboxylic acids is 2. The second kappa shape index (κ2) is 12.4. The van der Waals surface area contributed by atoms with Crippen LogP contribution in [0.3, 0.4) is 0 Å². The maximum Gasteiger partial charge on any atom is 0.247 e. The molecule has 1 aliphatic carbocycles. The van der Waals surface area contributed by atoms with Crippen LogP contribution in [0.4, 0.5) is 23.2 Å². The summed E-state index contributed by atoms with van der Waals surface area (Å²) in [5.41, 5.74) is 0.945. The Morgan fingerprint density at radius 3 is 2.24 bits per heavy atom. The van der Waals surface area contributed by atoms with Gasteiger partial charge in [-0.15, -0.1) is 0 Å². The fourth-order valence-electron chi connectivity index (χ4n) is 5.16. The predicted octanol–water partition coefficient (Wildman–Crippen LogP) is 6.88. The maximum atomic E-state index is 14.4. The molecule has 4 atom stereocenters. The summed E-state index contributed by atoms with van der Waals surface area (Å²) in [6, 6.07) is 20.8. The quantitative estimate of drug-likeness (QED) is 0.304. The van der Waals surface area contributed by atoms with Crippen molar-refractivity contribution in [1.29, 1.82) is 0 Å². The summed E-state index contributed by atoms with van der Waals surface area (Å²) in [5.74, 6) is -1.58. The lowest BCUT2D eigenvalue weighted by atomic mass is 9.96. The number of hydrogen-bond acceptors (Lipinski definition) is 3. The lowest BCUT2D eigenvalue weighted by Gasteiger charge is -2.26. The number of allylic oxidation sites excluding steroid dienone is 3. The molecule has 1 heterocycles. The van der Waals surface area contributed by atoms with Gasteiger partial charge in [0.2, 0.25) is 11.8 Å². The highest BCUT2D eigenvalue weighted by Gasteiger charge is 2.41. The summed E-state index contributed by atoms with van der Waals surface area (Å²) in [7, 11) is 0. The normalized spacial score (nSPS) is 22.1. The van der Waals surface area contributed by atoms with Crippen LogP contribution in [0.2, 0.25) is 0 Å². The third kappa shape index (κ3) is 6.85. The molecule has 0 spiro atoms. The molecule has 212 valence electrons. The number of anilines is 1. The molecule has 2 aliphatic rings. The van der Waals surface area contributed by atoms with Gasteiger partial charge in [0.25, 0.3) is 0 Å². The molecule has 2 unspecified atom stereocenters. The first-order valence-corrected chi connectivity index (χ1v) is 13.3. The van der Waals surface area contributed by atoms with Gasteiger partial charge in [0.05, 0.1) is 6.42 Å². The molecular weight excluding hydrogens is 536 g/mol. The number of nitrogens with zero attached hydrogens (tertiary/aromatic N) is 1. The number of amides is 2. The number of benzene rings is 3. The smallest absolute Gasteiger partial charge is 0.247 e. The molecule has 9 heteroatoms. The van der Waals surface area contributed by atoms with Crippen LogP contribution in [0.5, 0.6) is 11.5 Å². The lowest BCUT2D eigenvalue weighted by molar-refractivity contribution is -0.136. The van der Waals surface area contributed by atoms with Gasteiger partial charge in [0, 0.05) is 17.8 Å². The molecule has 5 rings (SSSR count). The van der Waals surface area contributed by atoms with Crippen molar-refractivity contribution < 1.29 is 31.9 Å². The van der Waals surface area contributed by atoms with E-state index in [0.29, 0.717) is 30.0 Å². The Labute approximate surface area is 235 Å². The standard InChI is InChI=1S/C32H28F4N2O3/c33-22-6-10-24(11-7-22)41-25-12-8-23(9-13-25)37-32(40)29-17-21(16-20-4-2-1-3-5-20)19-38(29)30(39)18-26-27(34)14-15-28(35)31(26)36/h1-15,21,28-29,31H,16-19H2,(H,37,40)/t21-,28?,29+,31?/m1/s1. The summed E-state index contributed by atoms with van der Waals surface area (Å²) in [5, 5.41) is 2.81. The van der Waals surface area contributed by atoms with Crippen LogP contribution in [-0.2, 0) is 16.0 Å². The van der Waals surface area contributed by atoms with Crippen molar-refractivity contribution in [3.8, 4) is 11.5 Å². The summed E-state index contributed by atoms with van der Waals surface area (Å²) in [6.45, 7) is 0.219. The van der Waals surface area contributed by atoms with Crippen LogP contribution < -0.4 is 10.1 Å². The third-order valence-corrected chi connectivity index (χ3v) is 7.24. The molecule has 0 saturated carbocycles. The van der Waals surface area contributed by atoms with Crippen molar-refractivity contribution in [1.82, 2.24) is 4.90 Å². The number of halogens is 4. The Kier molecular flexibility index (Phi) is 8.52. The molecule has 0 aromatic heterocycles. The first kappa shape index (κ1) is 28.1. The van der Waals surface area contributed by atoms with Crippen LogP contribution in [0.1, 0.15) is 18.4 Å². The van der Waals surface area contributed by atoms with Crippen LogP contribution in [0.25, 0.3) is 0 Å². The van der Waals surface area contributed by atoms with Gasteiger partial charge >= 0.3 is 0 Å². The summed E-state index contributed by atoms with van der Waals surface area (Å²) < 4.78 is 61.4. The highest BCUT2D eigenvalue weighted by atomic mass is 19.2. The van der Waals surface area contributed by atoms with E-state index in [0.717, 1.165) is 17.7 Å². The molecule has 5 nitrogen and oxygen atoms in total. The van der Waals surface area contributed by atoms with Crippen molar-refractivity contribution in [3.05, 3.63) is 114 Å².